The van der Waals surface area contributed by atoms with E-state index in [9.17, 15) is 0 Å². The molecule has 2 nitrogen and oxygen atoms in total. The molecule has 15 heavy (non-hydrogen) atoms. The Bertz CT molecular complexity index is 422. The largest absolute Gasteiger partial charge is 0.327 e. The smallest absolute Gasteiger partial charge is 0.0482 e. The molecule has 2 aromatic rings. The quantitative estimate of drug-likeness (QED) is 0.854. The van der Waals surface area contributed by atoms with Gasteiger partial charge < -0.3 is 10.1 Å². The van der Waals surface area contributed by atoms with Gasteiger partial charge >= 0.3 is 0 Å². The van der Waals surface area contributed by atoms with Crippen LogP contribution in [0.15, 0.2) is 36.7 Å². The van der Waals surface area contributed by atoms with Crippen LogP contribution in [0, 0.1) is 0 Å². The van der Waals surface area contributed by atoms with E-state index in [0.717, 1.165) is 12.8 Å². The molecular formula is C12H17ClN2. The summed E-state index contributed by atoms with van der Waals surface area (Å²) < 4.78 is 2.14. The molecule has 2 heterocycles. The minimum atomic E-state index is 0. The fourth-order valence-corrected chi connectivity index (χ4v) is 1.71. The van der Waals surface area contributed by atoms with Crippen molar-refractivity contribution >= 4 is 17.9 Å². The van der Waals surface area contributed by atoms with Crippen LogP contribution in [0.3, 0.4) is 0 Å². The van der Waals surface area contributed by atoms with Crippen molar-refractivity contribution in [3.63, 3.8) is 0 Å². The topological polar surface area (TPSA) is 30.4 Å². The zero-order valence-electron chi connectivity index (χ0n) is 8.89. The zero-order chi connectivity index (χ0) is 9.97. The van der Waals surface area contributed by atoms with Gasteiger partial charge in [0, 0.05) is 24.0 Å². The molecule has 2 aromatic heterocycles. The van der Waals surface area contributed by atoms with Gasteiger partial charge in [-0.15, -0.1) is 12.4 Å². The Morgan fingerprint density at radius 2 is 2.07 bits per heavy atom. The Kier molecular flexibility index (Phi) is 4.18. The van der Waals surface area contributed by atoms with Crippen LogP contribution in [0.5, 0.6) is 0 Å². The normalized spacial score (nSPS) is 12.4. The maximum absolute atomic E-state index is 5.95. The number of aromatic nitrogens is 1. The molecule has 3 heteroatoms. The first-order valence-corrected chi connectivity index (χ1v) is 5.11. The summed E-state index contributed by atoms with van der Waals surface area (Å²) in [5.41, 5.74) is 8.57. The second-order valence-electron chi connectivity index (χ2n) is 3.71. The minimum Gasteiger partial charge on any atom is -0.327 e. The molecule has 0 saturated heterocycles. The highest BCUT2D eigenvalue weighted by Crippen LogP contribution is 2.14. The van der Waals surface area contributed by atoms with Gasteiger partial charge in [-0.1, -0.05) is 13.0 Å². The molecule has 0 radical (unpaired) electrons. The summed E-state index contributed by atoms with van der Waals surface area (Å²) in [5.74, 6) is 0. The lowest BCUT2D eigenvalue weighted by Crippen LogP contribution is -2.21. The predicted octanol–water partition coefficient (Wildman–Crippen LogP) is 2.64. The molecule has 1 unspecified atom stereocenters. The molecule has 0 aromatic carbocycles. The number of pyridine rings is 1. The first-order chi connectivity index (χ1) is 6.81. The van der Waals surface area contributed by atoms with Crippen molar-refractivity contribution in [2.75, 3.05) is 0 Å². The summed E-state index contributed by atoms with van der Waals surface area (Å²) in [6.45, 7) is 2.13. The first kappa shape index (κ1) is 12.1. The van der Waals surface area contributed by atoms with Crippen LogP contribution < -0.4 is 5.73 Å². The molecule has 2 N–H and O–H groups in total. The van der Waals surface area contributed by atoms with Crippen molar-refractivity contribution < 1.29 is 0 Å². The van der Waals surface area contributed by atoms with Gasteiger partial charge in [0.1, 0.15) is 0 Å². The van der Waals surface area contributed by atoms with Gasteiger partial charge in [-0.25, -0.2) is 0 Å². The van der Waals surface area contributed by atoms with E-state index >= 15 is 0 Å². The number of halogens is 1. The monoisotopic (exact) mass is 224 g/mol. The molecule has 0 bridgehead atoms. The lowest BCUT2D eigenvalue weighted by atomic mass is 10.1. The van der Waals surface area contributed by atoms with Gasteiger partial charge in [0.25, 0.3) is 0 Å². The molecule has 82 valence electrons. The van der Waals surface area contributed by atoms with Crippen molar-refractivity contribution in [3.05, 3.63) is 42.2 Å². The molecule has 0 aliphatic rings. The van der Waals surface area contributed by atoms with Crippen LogP contribution in [0.2, 0.25) is 0 Å². The maximum atomic E-state index is 5.95. The molecule has 1 atom stereocenters. The van der Waals surface area contributed by atoms with Crippen LogP contribution >= 0.6 is 12.4 Å². The Morgan fingerprint density at radius 1 is 1.27 bits per heavy atom. The fraction of sp³-hybridized carbons (Fsp3) is 0.333. The highest BCUT2D eigenvalue weighted by atomic mass is 35.5. The van der Waals surface area contributed by atoms with Crippen molar-refractivity contribution in [1.82, 2.24) is 4.40 Å². The van der Waals surface area contributed by atoms with Crippen LogP contribution in [0.1, 0.15) is 18.9 Å². The minimum absolute atomic E-state index is 0. The fourth-order valence-electron chi connectivity index (χ4n) is 1.71. The van der Waals surface area contributed by atoms with Gasteiger partial charge in [0.15, 0.2) is 0 Å². The molecular weight excluding hydrogens is 208 g/mol. The maximum Gasteiger partial charge on any atom is 0.0482 e. The molecule has 0 fully saturated rings. The third-order valence-corrected chi connectivity index (χ3v) is 2.66. The second kappa shape index (κ2) is 5.19. The van der Waals surface area contributed by atoms with Crippen molar-refractivity contribution in [2.24, 2.45) is 5.73 Å². The summed E-state index contributed by atoms with van der Waals surface area (Å²) >= 11 is 0. The number of fused-ring (bicyclic) bond motifs is 1. The molecule has 0 aliphatic carbocycles. The standard InChI is InChI=1S/C12H16N2.ClH/c1-2-11(13)9-10-6-8-14-7-4-3-5-12(10)14;/h3-8,11H,2,9,13H2,1H3;1H. The van der Waals surface area contributed by atoms with E-state index < -0.39 is 0 Å². The highest BCUT2D eigenvalue weighted by molar-refractivity contribution is 5.85. The van der Waals surface area contributed by atoms with E-state index in [0.29, 0.717) is 0 Å². The molecule has 0 amide bonds. The molecule has 0 aliphatic heterocycles. The van der Waals surface area contributed by atoms with Gasteiger partial charge in [-0.3, -0.25) is 0 Å². The van der Waals surface area contributed by atoms with E-state index in [2.05, 4.69) is 41.9 Å². The van der Waals surface area contributed by atoms with E-state index in [-0.39, 0.29) is 18.4 Å². The van der Waals surface area contributed by atoms with Crippen LogP contribution in [-0.4, -0.2) is 10.4 Å². The summed E-state index contributed by atoms with van der Waals surface area (Å²) in [6.07, 6.45) is 6.16. The van der Waals surface area contributed by atoms with Gasteiger partial charge in [-0.05, 0) is 36.6 Å². The van der Waals surface area contributed by atoms with Crippen LogP contribution in [0.4, 0.5) is 0 Å². The SMILES string of the molecule is CCC(N)Cc1ccn2ccccc12.Cl. The van der Waals surface area contributed by atoms with E-state index in [1.807, 2.05) is 6.07 Å². The third-order valence-electron chi connectivity index (χ3n) is 2.66. The second-order valence-corrected chi connectivity index (χ2v) is 3.71. The average molecular weight is 225 g/mol. The Hall–Kier alpha value is -0.990. The van der Waals surface area contributed by atoms with E-state index in [4.69, 9.17) is 5.73 Å². The van der Waals surface area contributed by atoms with Gasteiger partial charge in [-0.2, -0.15) is 0 Å². The average Bonchev–Trinajstić information content (AvgIpc) is 2.62. The Morgan fingerprint density at radius 3 is 2.80 bits per heavy atom. The summed E-state index contributed by atoms with van der Waals surface area (Å²) in [7, 11) is 0. The van der Waals surface area contributed by atoms with Gasteiger partial charge in [0.2, 0.25) is 0 Å². The number of rotatable bonds is 3. The number of hydrogen-bond acceptors (Lipinski definition) is 1. The highest BCUT2D eigenvalue weighted by Gasteiger charge is 2.05. The van der Waals surface area contributed by atoms with Crippen molar-refractivity contribution in [3.8, 4) is 0 Å². The van der Waals surface area contributed by atoms with Crippen LogP contribution in [-0.2, 0) is 6.42 Å². The zero-order valence-corrected chi connectivity index (χ0v) is 9.70. The molecule has 2 rings (SSSR count). The van der Waals surface area contributed by atoms with Crippen LogP contribution in [0.25, 0.3) is 5.52 Å². The lowest BCUT2D eigenvalue weighted by Gasteiger charge is -2.07. The van der Waals surface area contributed by atoms with E-state index in [1.165, 1.54) is 11.1 Å². The van der Waals surface area contributed by atoms with Crippen molar-refractivity contribution in [2.45, 2.75) is 25.8 Å². The summed E-state index contributed by atoms with van der Waals surface area (Å²) in [4.78, 5) is 0. The predicted molar refractivity (Wildman–Crippen MR) is 66.6 cm³/mol. The van der Waals surface area contributed by atoms with E-state index in [1.54, 1.807) is 0 Å². The first-order valence-electron chi connectivity index (χ1n) is 5.11. The third kappa shape index (κ3) is 2.52. The molecule has 0 spiro atoms. The van der Waals surface area contributed by atoms with Crippen molar-refractivity contribution in [1.29, 1.82) is 0 Å². The van der Waals surface area contributed by atoms with Gasteiger partial charge in [0.05, 0.1) is 0 Å². The summed E-state index contributed by atoms with van der Waals surface area (Å²) in [5, 5.41) is 0. The lowest BCUT2D eigenvalue weighted by molar-refractivity contribution is 0.649. The number of nitrogens with two attached hydrogens (primary N) is 1. The Balaban J connectivity index is 0.00000112. The molecule has 0 saturated carbocycles. The summed E-state index contributed by atoms with van der Waals surface area (Å²) in [6, 6.07) is 8.68. The number of nitrogens with zero attached hydrogens (tertiary/aromatic N) is 1. The Labute approximate surface area is 96.5 Å². The number of hydrogen-bond donors (Lipinski definition) is 1.